The van der Waals surface area contributed by atoms with E-state index in [0.29, 0.717) is 41.7 Å². The smallest absolute Gasteiger partial charge is 0.332 e. The van der Waals surface area contributed by atoms with E-state index in [2.05, 4.69) is 0 Å². The fourth-order valence-corrected chi connectivity index (χ4v) is 4.72. The molecule has 6 rings (SSSR count). The van der Waals surface area contributed by atoms with Crippen LogP contribution in [0.4, 0.5) is 0 Å². The van der Waals surface area contributed by atoms with Crippen LogP contribution >= 0.6 is 11.3 Å². The second-order valence-corrected chi connectivity index (χ2v) is 8.26. The van der Waals surface area contributed by atoms with E-state index in [-0.39, 0.29) is 5.56 Å². The summed E-state index contributed by atoms with van der Waals surface area (Å²) in [5, 5.41) is 2.00. The molecule has 0 spiro atoms. The van der Waals surface area contributed by atoms with Crippen molar-refractivity contribution < 1.29 is 9.47 Å². The van der Waals surface area contributed by atoms with Crippen LogP contribution in [0, 0.1) is 0 Å². The number of imidazole rings is 2. The summed E-state index contributed by atoms with van der Waals surface area (Å²) in [6.45, 7) is 1.00. The second kappa shape index (κ2) is 6.35. The molecule has 0 saturated heterocycles. The summed E-state index contributed by atoms with van der Waals surface area (Å²) in [5.41, 5.74) is 1.60. The highest BCUT2D eigenvalue weighted by Gasteiger charge is 2.23. The number of nitrogens with zero attached hydrogens (tertiary/aromatic N) is 5. The molecule has 0 atom stereocenters. The number of rotatable bonds is 2. The Labute approximate surface area is 178 Å². The van der Waals surface area contributed by atoms with Crippen LogP contribution in [0.5, 0.6) is 11.5 Å². The van der Waals surface area contributed by atoms with Gasteiger partial charge in [-0.15, -0.1) is 11.3 Å². The summed E-state index contributed by atoms with van der Waals surface area (Å²) in [6, 6.07) is 9.70. The van der Waals surface area contributed by atoms with Crippen molar-refractivity contribution >= 4 is 28.3 Å². The van der Waals surface area contributed by atoms with Gasteiger partial charge in [-0.1, -0.05) is 6.07 Å². The molecule has 0 aliphatic carbocycles. The minimum Gasteiger partial charge on any atom is -0.486 e. The third-order valence-corrected chi connectivity index (χ3v) is 6.42. The van der Waals surface area contributed by atoms with Gasteiger partial charge in [-0.05, 0) is 23.6 Å². The van der Waals surface area contributed by atoms with Gasteiger partial charge in [0.15, 0.2) is 22.7 Å². The number of benzene rings is 1. The van der Waals surface area contributed by atoms with E-state index >= 15 is 0 Å². The lowest BCUT2D eigenvalue weighted by Gasteiger charge is -2.19. The molecule has 0 unspecified atom stereocenters. The number of aromatic nitrogens is 5. The van der Waals surface area contributed by atoms with Crippen LogP contribution in [0.25, 0.3) is 33.2 Å². The summed E-state index contributed by atoms with van der Waals surface area (Å²) >= 11 is 1.59. The molecule has 9 nitrogen and oxygen atoms in total. The van der Waals surface area contributed by atoms with Crippen LogP contribution in [0.1, 0.15) is 0 Å². The van der Waals surface area contributed by atoms with Gasteiger partial charge in [0, 0.05) is 26.4 Å². The van der Waals surface area contributed by atoms with Crippen molar-refractivity contribution in [2.24, 2.45) is 14.1 Å². The van der Waals surface area contributed by atoms with Crippen LogP contribution in [0.3, 0.4) is 0 Å². The molecule has 4 aromatic heterocycles. The third-order valence-electron chi connectivity index (χ3n) is 5.52. The van der Waals surface area contributed by atoms with Crippen LogP contribution in [-0.2, 0) is 14.1 Å². The zero-order valence-electron chi connectivity index (χ0n) is 16.7. The lowest BCUT2D eigenvalue weighted by molar-refractivity contribution is 0.171. The van der Waals surface area contributed by atoms with Gasteiger partial charge in [0.05, 0.1) is 16.3 Å². The predicted octanol–water partition coefficient (Wildman–Crippen LogP) is 2.18. The topological polar surface area (TPSA) is 84.7 Å². The second-order valence-electron chi connectivity index (χ2n) is 7.31. The van der Waals surface area contributed by atoms with Crippen molar-refractivity contribution in [3.05, 3.63) is 62.7 Å². The van der Waals surface area contributed by atoms with E-state index in [9.17, 15) is 9.59 Å². The minimum absolute atomic E-state index is 0.340. The lowest BCUT2D eigenvalue weighted by atomic mass is 10.2. The Morgan fingerprint density at radius 1 is 1.03 bits per heavy atom. The summed E-state index contributed by atoms with van der Waals surface area (Å²) in [5.74, 6) is 1.89. The first-order chi connectivity index (χ1) is 15.0. The van der Waals surface area contributed by atoms with E-state index < -0.39 is 5.69 Å². The molecule has 1 aliphatic heterocycles. The highest BCUT2D eigenvalue weighted by molar-refractivity contribution is 7.13. The lowest BCUT2D eigenvalue weighted by Crippen LogP contribution is -2.37. The number of hydrogen-bond acceptors (Lipinski definition) is 6. The number of aryl methyl sites for hydroxylation is 1. The van der Waals surface area contributed by atoms with E-state index in [4.69, 9.17) is 14.5 Å². The van der Waals surface area contributed by atoms with Gasteiger partial charge in [0.25, 0.3) is 5.56 Å². The first-order valence-electron chi connectivity index (χ1n) is 9.68. The Bertz CT molecular complexity index is 1600. The molecular weight excluding hydrogens is 418 g/mol. The number of hydrogen-bond donors (Lipinski definition) is 0. The molecule has 5 aromatic rings. The van der Waals surface area contributed by atoms with Crippen LogP contribution in [0.15, 0.2) is 51.5 Å². The van der Waals surface area contributed by atoms with Crippen molar-refractivity contribution in [1.29, 1.82) is 0 Å². The molecule has 31 heavy (non-hydrogen) atoms. The average molecular weight is 435 g/mol. The van der Waals surface area contributed by atoms with E-state index in [1.54, 1.807) is 22.8 Å². The summed E-state index contributed by atoms with van der Waals surface area (Å²) in [6.07, 6.45) is 1.89. The monoisotopic (exact) mass is 435 g/mol. The molecule has 10 heteroatoms. The van der Waals surface area contributed by atoms with Crippen LogP contribution < -0.4 is 20.7 Å². The molecule has 0 radical (unpaired) electrons. The molecule has 0 bridgehead atoms. The fourth-order valence-electron chi connectivity index (χ4n) is 3.99. The number of ether oxygens (including phenoxy) is 2. The minimum atomic E-state index is -0.414. The Hall–Kier alpha value is -3.79. The quantitative estimate of drug-likeness (QED) is 0.424. The molecule has 5 heterocycles. The zero-order valence-corrected chi connectivity index (χ0v) is 17.5. The SMILES string of the molecule is Cn1c(=O)c2c(nc3n(-c4ccc5c(c4)OCCO5)c(-c4cccs4)cn23)n(C)c1=O. The molecule has 0 N–H and O–H groups in total. The normalized spacial score (nSPS) is 13.4. The van der Waals surface area contributed by atoms with Gasteiger partial charge < -0.3 is 9.47 Å². The Kier molecular flexibility index (Phi) is 3.69. The summed E-state index contributed by atoms with van der Waals surface area (Å²) in [7, 11) is 3.09. The molecule has 0 saturated carbocycles. The number of fused-ring (bicyclic) bond motifs is 4. The summed E-state index contributed by atoms with van der Waals surface area (Å²) in [4.78, 5) is 31.1. The zero-order chi connectivity index (χ0) is 21.3. The van der Waals surface area contributed by atoms with Crippen molar-refractivity contribution in [2.45, 2.75) is 0 Å². The Morgan fingerprint density at radius 2 is 1.84 bits per heavy atom. The first-order valence-corrected chi connectivity index (χ1v) is 10.6. The van der Waals surface area contributed by atoms with Gasteiger partial charge in [0.2, 0.25) is 5.78 Å². The van der Waals surface area contributed by atoms with Crippen molar-refractivity contribution in [3.8, 4) is 27.8 Å². The summed E-state index contributed by atoms with van der Waals surface area (Å²) < 4.78 is 17.6. The van der Waals surface area contributed by atoms with Gasteiger partial charge in [-0.3, -0.25) is 22.9 Å². The van der Waals surface area contributed by atoms with Gasteiger partial charge in [-0.2, -0.15) is 4.98 Å². The molecule has 1 aliphatic rings. The van der Waals surface area contributed by atoms with Crippen molar-refractivity contribution in [3.63, 3.8) is 0 Å². The molecule has 0 amide bonds. The maximum Gasteiger partial charge on any atom is 0.332 e. The Morgan fingerprint density at radius 3 is 2.61 bits per heavy atom. The van der Waals surface area contributed by atoms with E-state index in [1.165, 1.54) is 11.6 Å². The van der Waals surface area contributed by atoms with Gasteiger partial charge >= 0.3 is 5.69 Å². The maximum absolute atomic E-state index is 13.0. The third kappa shape index (κ3) is 2.45. The fraction of sp³-hybridized carbons (Fsp3) is 0.190. The number of thiophene rings is 1. The predicted molar refractivity (Wildman–Crippen MR) is 117 cm³/mol. The van der Waals surface area contributed by atoms with Crippen LogP contribution in [0.2, 0.25) is 0 Å². The highest BCUT2D eigenvalue weighted by atomic mass is 32.1. The van der Waals surface area contributed by atoms with Crippen molar-refractivity contribution in [2.75, 3.05) is 13.2 Å². The van der Waals surface area contributed by atoms with Gasteiger partial charge in [-0.25, -0.2) is 4.79 Å². The molecule has 1 aromatic carbocycles. The van der Waals surface area contributed by atoms with E-state index in [0.717, 1.165) is 20.8 Å². The largest absolute Gasteiger partial charge is 0.486 e. The average Bonchev–Trinajstić information content (AvgIpc) is 3.51. The first kappa shape index (κ1) is 18.0. The molecular formula is C21H17N5O4S. The highest BCUT2D eigenvalue weighted by Crippen LogP contribution is 2.36. The van der Waals surface area contributed by atoms with Crippen LogP contribution in [-0.4, -0.2) is 36.3 Å². The molecule has 156 valence electrons. The molecule has 0 fully saturated rings. The standard InChI is InChI=1S/C21H17N5O4S/c1-23-18-17(19(27)24(2)21(23)28)25-11-13(16-4-3-9-31-16)26(20(25)22-18)12-5-6-14-15(10-12)30-8-7-29-14/h3-6,9-11H,7-8H2,1-2H3. The Balaban J connectivity index is 1.74. The van der Waals surface area contributed by atoms with Gasteiger partial charge in [0.1, 0.15) is 13.2 Å². The maximum atomic E-state index is 13.0. The van der Waals surface area contributed by atoms with E-state index in [1.807, 2.05) is 46.5 Å². The van der Waals surface area contributed by atoms with Crippen molar-refractivity contribution in [1.82, 2.24) is 23.1 Å².